The second-order valence-electron chi connectivity index (χ2n) is 5.29. The lowest BCUT2D eigenvalue weighted by Crippen LogP contribution is -2.18. The lowest BCUT2D eigenvalue weighted by atomic mass is 10.1. The number of benzene rings is 1. The normalized spacial score (nSPS) is 10.4. The van der Waals surface area contributed by atoms with Gasteiger partial charge in [0, 0.05) is 44.5 Å². The minimum absolute atomic E-state index is 0.0514. The van der Waals surface area contributed by atoms with E-state index in [2.05, 4.69) is 15.6 Å². The molecule has 0 fully saturated rings. The first-order chi connectivity index (χ1) is 11.6. The van der Waals surface area contributed by atoms with Crippen LogP contribution in [0.5, 0.6) is 0 Å². The molecule has 0 atom stereocenters. The van der Waals surface area contributed by atoms with Gasteiger partial charge in [0.05, 0.1) is 5.69 Å². The fraction of sp³-hybridized carbons (Fsp3) is 0.353. The van der Waals surface area contributed by atoms with Crippen molar-refractivity contribution in [1.29, 1.82) is 0 Å². The van der Waals surface area contributed by atoms with Gasteiger partial charge in [0.1, 0.15) is 0 Å². The van der Waals surface area contributed by atoms with Crippen molar-refractivity contribution in [1.82, 2.24) is 10.3 Å². The Kier molecular flexibility index (Phi) is 6.89. The number of anilines is 1. The zero-order valence-corrected chi connectivity index (χ0v) is 14.6. The molecule has 0 bridgehead atoms. The third-order valence-electron chi connectivity index (χ3n) is 3.29. The van der Waals surface area contributed by atoms with Crippen LogP contribution in [-0.4, -0.2) is 30.5 Å². The Morgan fingerprint density at radius 1 is 1.25 bits per heavy atom. The van der Waals surface area contributed by atoms with E-state index < -0.39 is 0 Å². The second kappa shape index (κ2) is 9.14. The topological polar surface area (TPSA) is 80.3 Å². The van der Waals surface area contributed by atoms with Crippen LogP contribution in [0.4, 0.5) is 5.13 Å². The molecule has 2 amide bonds. The number of carbonyl (C=O) groups excluding carboxylic acids is 2. The smallest absolute Gasteiger partial charge is 0.226 e. The van der Waals surface area contributed by atoms with Gasteiger partial charge in [-0.3, -0.25) is 9.59 Å². The van der Waals surface area contributed by atoms with Crippen LogP contribution in [0.15, 0.2) is 29.6 Å². The summed E-state index contributed by atoms with van der Waals surface area (Å²) in [5.74, 6) is -0.108. The standard InChI is InChI=1S/C17H21N3O3S/c1-12(21)18-10-13-5-7-14(8-6-13)15-11-24-17(19-15)20-16(22)4-3-9-23-2/h5-8,11H,3-4,9-10H2,1-2H3,(H,18,21)(H,19,20,22). The number of hydrogen-bond donors (Lipinski definition) is 2. The third-order valence-corrected chi connectivity index (χ3v) is 4.05. The number of aromatic nitrogens is 1. The second-order valence-corrected chi connectivity index (χ2v) is 6.15. The number of nitrogens with zero attached hydrogens (tertiary/aromatic N) is 1. The summed E-state index contributed by atoms with van der Waals surface area (Å²) in [6.07, 6.45) is 1.11. The number of thiazole rings is 1. The van der Waals surface area contributed by atoms with Crippen molar-refractivity contribution < 1.29 is 14.3 Å². The van der Waals surface area contributed by atoms with Crippen LogP contribution in [0.2, 0.25) is 0 Å². The molecule has 0 radical (unpaired) electrons. The molecule has 1 aromatic heterocycles. The fourth-order valence-corrected chi connectivity index (χ4v) is 2.78. The lowest BCUT2D eigenvalue weighted by Gasteiger charge is -2.03. The molecule has 0 aliphatic carbocycles. The van der Waals surface area contributed by atoms with Gasteiger partial charge in [0.25, 0.3) is 0 Å². The van der Waals surface area contributed by atoms with Crippen molar-refractivity contribution in [2.45, 2.75) is 26.3 Å². The maximum atomic E-state index is 11.8. The fourth-order valence-electron chi connectivity index (χ4n) is 2.04. The summed E-state index contributed by atoms with van der Waals surface area (Å²) < 4.78 is 4.93. The van der Waals surface area contributed by atoms with Crippen LogP contribution in [0.3, 0.4) is 0 Å². The molecule has 2 rings (SSSR count). The summed E-state index contributed by atoms with van der Waals surface area (Å²) in [6.45, 7) is 2.57. The van der Waals surface area contributed by atoms with Gasteiger partial charge >= 0.3 is 0 Å². The number of amides is 2. The lowest BCUT2D eigenvalue weighted by molar-refractivity contribution is -0.119. The van der Waals surface area contributed by atoms with E-state index in [4.69, 9.17) is 4.74 Å². The van der Waals surface area contributed by atoms with Crippen LogP contribution in [0, 0.1) is 0 Å². The maximum Gasteiger partial charge on any atom is 0.226 e. The Morgan fingerprint density at radius 3 is 2.67 bits per heavy atom. The first kappa shape index (κ1) is 18.1. The highest BCUT2D eigenvalue weighted by atomic mass is 32.1. The van der Waals surface area contributed by atoms with Gasteiger partial charge < -0.3 is 15.4 Å². The molecule has 0 saturated heterocycles. The highest BCUT2D eigenvalue weighted by molar-refractivity contribution is 7.14. The molecule has 2 aromatic rings. The number of ether oxygens (including phenoxy) is 1. The summed E-state index contributed by atoms with van der Waals surface area (Å²) in [7, 11) is 1.62. The average Bonchev–Trinajstić information content (AvgIpc) is 3.02. The van der Waals surface area contributed by atoms with Crippen LogP contribution >= 0.6 is 11.3 Å². The number of hydrogen-bond acceptors (Lipinski definition) is 5. The van der Waals surface area contributed by atoms with Crippen LogP contribution in [0.1, 0.15) is 25.3 Å². The Hall–Kier alpha value is -2.25. The first-order valence-corrected chi connectivity index (χ1v) is 8.54. The number of nitrogens with one attached hydrogen (secondary N) is 2. The molecule has 0 spiro atoms. The SMILES string of the molecule is COCCCC(=O)Nc1nc(-c2ccc(CNC(C)=O)cc2)cs1. The monoisotopic (exact) mass is 347 g/mol. The number of methoxy groups -OCH3 is 1. The molecule has 0 unspecified atom stereocenters. The van der Waals surface area contributed by atoms with Gasteiger partial charge in [-0.1, -0.05) is 24.3 Å². The number of rotatable bonds is 8. The zero-order valence-electron chi connectivity index (χ0n) is 13.8. The van der Waals surface area contributed by atoms with Gasteiger partial charge in [0.15, 0.2) is 5.13 Å². The highest BCUT2D eigenvalue weighted by Crippen LogP contribution is 2.25. The van der Waals surface area contributed by atoms with E-state index in [1.807, 2.05) is 29.6 Å². The first-order valence-electron chi connectivity index (χ1n) is 7.66. The molecule has 0 aliphatic heterocycles. The third kappa shape index (κ3) is 5.75. The molecule has 2 N–H and O–H groups in total. The Morgan fingerprint density at radius 2 is 2.00 bits per heavy atom. The van der Waals surface area contributed by atoms with Gasteiger partial charge in [-0.25, -0.2) is 4.98 Å². The minimum Gasteiger partial charge on any atom is -0.385 e. The van der Waals surface area contributed by atoms with Crippen LogP contribution < -0.4 is 10.6 Å². The van der Waals surface area contributed by atoms with E-state index in [9.17, 15) is 9.59 Å². The average molecular weight is 347 g/mol. The molecular weight excluding hydrogens is 326 g/mol. The van der Waals surface area contributed by atoms with Gasteiger partial charge in [-0.2, -0.15) is 0 Å². The van der Waals surface area contributed by atoms with Crippen molar-refractivity contribution in [2.75, 3.05) is 19.0 Å². The minimum atomic E-state index is -0.0568. The van der Waals surface area contributed by atoms with Crippen molar-refractivity contribution in [3.63, 3.8) is 0 Å². The van der Waals surface area contributed by atoms with Crippen LogP contribution in [0.25, 0.3) is 11.3 Å². The summed E-state index contributed by atoms with van der Waals surface area (Å²) in [5.41, 5.74) is 2.81. The van der Waals surface area contributed by atoms with E-state index in [0.717, 1.165) is 16.8 Å². The molecule has 1 heterocycles. The predicted molar refractivity (Wildman–Crippen MR) is 94.8 cm³/mol. The van der Waals surface area contributed by atoms with Crippen molar-refractivity contribution >= 4 is 28.3 Å². The number of carbonyl (C=O) groups is 2. The molecule has 1 aromatic carbocycles. The Labute approximate surface area is 145 Å². The molecular formula is C17H21N3O3S. The van der Waals surface area contributed by atoms with Gasteiger partial charge in [0.2, 0.25) is 11.8 Å². The highest BCUT2D eigenvalue weighted by Gasteiger charge is 2.08. The zero-order chi connectivity index (χ0) is 17.4. The van der Waals surface area contributed by atoms with E-state index in [1.165, 1.54) is 18.3 Å². The molecule has 6 nitrogen and oxygen atoms in total. The molecule has 7 heteroatoms. The Balaban J connectivity index is 1.92. The van der Waals surface area contributed by atoms with Crippen molar-refractivity contribution in [3.05, 3.63) is 35.2 Å². The van der Waals surface area contributed by atoms with E-state index in [-0.39, 0.29) is 11.8 Å². The Bertz CT molecular complexity index is 683. The van der Waals surface area contributed by atoms with Gasteiger partial charge in [-0.05, 0) is 12.0 Å². The van der Waals surface area contributed by atoms with Gasteiger partial charge in [-0.15, -0.1) is 11.3 Å². The molecule has 0 saturated carbocycles. The maximum absolute atomic E-state index is 11.8. The van der Waals surface area contributed by atoms with Crippen LogP contribution in [-0.2, 0) is 20.9 Å². The summed E-state index contributed by atoms with van der Waals surface area (Å²) in [5, 5.41) is 8.06. The molecule has 128 valence electrons. The van der Waals surface area contributed by atoms with Crippen molar-refractivity contribution in [2.24, 2.45) is 0 Å². The summed E-state index contributed by atoms with van der Waals surface area (Å²) >= 11 is 1.40. The van der Waals surface area contributed by atoms with E-state index >= 15 is 0 Å². The van der Waals surface area contributed by atoms with Crippen molar-refractivity contribution in [3.8, 4) is 11.3 Å². The molecule has 24 heavy (non-hydrogen) atoms. The summed E-state index contributed by atoms with van der Waals surface area (Å²) in [4.78, 5) is 27.1. The molecule has 0 aliphatic rings. The van der Waals surface area contributed by atoms with E-state index in [1.54, 1.807) is 7.11 Å². The largest absolute Gasteiger partial charge is 0.385 e. The quantitative estimate of drug-likeness (QED) is 0.720. The van der Waals surface area contributed by atoms with E-state index in [0.29, 0.717) is 31.1 Å². The summed E-state index contributed by atoms with van der Waals surface area (Å²) in [6, 6.07) is 7.81. The predicted octanol–water partition coefficient (Wildman–Crippen LogP) is 2.81.